The number of hydrogen-bond acceptors (Lipinski definition) is 4. The van der Waals surface area contributed by atoms with E-state index in [9.17, 15) is 4.79 Å². The van der Waals surface area contributed by atoms with Gasteiger partial charge in [0.1, 0.15) is 0 Å². The molecule has 0 atom stereocenters. The van der Waals surface area contributed by atoms with E-state index < -0.39 is 0 Å². The van der Waals surface area contributed by atoms with Crippen LogP contribution >= 0.6 is 0 Å². The highest BCUT2D eigenvalue weighted by atomic mass is 16.5. The Kier molecular flexibility index (Phi) is 8.41. The average Bonchev–Trinajstić information content (AvgIpc) is 2.72. The molecule has 0 aliphatic rings. The van der Waals surface area contributed by atoms with Crippen molar-refractivity contribution >= 4 is 5.78 Å². The van der Waals surface area contributed by atoms with E-state index in [0.717, 1.165) is 18.4 Å². The third-order valence-corrected chi connectivity index (χ3v) is 4.04. The van der Waals surface area contributed by atoms with Crippen LogP contribution in [0.25, 0.3) is 0 Å². The van der Waals surface area contributed by atoms with E-state index in [1.807, 2.05) is 37.3 Å². The molecule has 27 heavy (non-hydrogen) atoms. The number of carbonyl (C=O) groups is 1. The maximum atomic E-state index is 12.2. The topological polar surface area (TPSA) is 44.8 Å². The van der Waals surface area contributed by atoms with E-state index in [1.165, 1.54) is 12.7 Å². The van der Waals surface area contributed by atoms with Crippen LogP contribution in [0.4, 0.5) is 0 Å². The highest BCUT2D eigenvalue weighted by Gasteiger charge is 2.16. The molecule has 0 saturated heterocycles. The second kappa shape index (κ2) is 11.1. The van der Waals surface area contributed by atoms with Crippen molar-refractivity contribution in [2.24, 2.45) is 0 Å². The Hall–Kier alpha value is -2.77. The molecule has 4 nitrogen and oxygen atoms in total. The van der Waals surface area contributed by atoms with Gasteiger partial charge in [-0.2, -0.15) is 0 Å². The Bertz CT molecular complexity index is 800. The summed E-state index contributed by atoms with van der Waals surface area (Å²) < 4.78 is 16.3. The molecule has 0 amide bonds. The van der Waals surface area contributed by atoms with Crippen LogP contribution in [-0.2, 0) is 11.3 Å². The Morgan fingerprint density at radius 2 is 1.85 bits per heavy atom. The van der Waals surface area contributed by atoms with Gasteiger partial charge in [0, 0.05) is 25.0 Å². The van der Waals surface area contributed by atoms with E-state index >= 15 is 0 Å². The first-order chi connectivity index (χ1) is 13.2. The predicted molar refractivity (Wildman–Crippen MR) is 106 cm³/mol. The van der Waals surface area contributed by atoms with Gasteiger partial charge in [-0.05, 0) is 24.1 Å². The van der Waals surface area contributed by atoms with Crippen LogP contribution in [0.5, 0.6) is 11.5 Å². The molecule has 0 aliphatic carbocycles. The lowest BCUT2D eigenvalue weighted by Crippen LogP contribution is -2.03. The van der Waals surface area contributed by atoms with Crippen LogP contribution in [0.3, 0.4) is 0 Å². The molecule has 0 fully saturated rings. The van der Waals surface area contributed by atoms with Gasteiger partial charge in [0.15, 0.2) is 17.3 Å². The van der Waals surface area contributed by atoms with E-state index in [2.05, 4.69) is 11.8 Å². The minimum atomic E-state index is 0.00288. The van der Waals surface area contributed by atoms with Crippen LogP contribution in [0, 0.1) is 11.8 Å². The number of rotatable bonds is 9. The lowest BCUT2D eigenvalue weighted by molar-refractivity contribution is 0.0984. The van der Waals surface area contributed by atoms with Crippen LogP contribution in [0.2, 0.25) is 0 Å². The highest BCUT2D eigenvalue weighted by Crippen LogP contribution is 2.33. The summed E-state index contributed by atoms with van der Waals surface area (Å²) in [5.41, 5.74) is 2.42. The van der Waals surface area contributed by atoms with Gasteiger partial charge in [0.25, 0.3) is 0 Å². The quantitative estimate of drug-likeness (QED) is 0.368. The molecule has 0 spiro atoms. The lowest BCUT2D eigenvalue weighted by Gasteiger charge is -2.12. The Labute approximate surface area is 161 Å². The first-order valence-corrected chi connectivity index (χ1v) is 9.09. The Morgan fingerprint density at radius 3 is 2.52 bits per heavy atom. The molecular formula is C23H26O4. The maximum Gasteiger partial charge on any atom is 0.171 e. The van der Waals surface area contributed by atoms with E-state index in [4.69, 9.17) is 14.2 Å². The second-order valence-corrected chi connectivity index (χ2v) is 5.98. The number of ether oxygens (including phenoxy) is 3. The first kappa shape index (κ1) is 20.5. The molecule has 2 rings (SSSR count). The highest BCUT2D eigenvalue weighted by molar-refractivity contribution is 5.99. The molecule has 142 valence electrons. The van der Waals surface area contributed by atoms with Crippen molar-refractivity contribution in [1.29, 1.82) is 0 Å². The molecular weight excluding hydrogens is 340 g/mol. The van der Waals surface area contributed by atoms with Crippen molar-refractivity contribution in [3.05, 3.63) is 59.2 Å². The number of unbranched alkanes of at least 4 members (excludes halogenated alkanes) is 1. The third kappa shape index (κ3) is 6.16. The largest absolute Gasteiger partial charge is 0.493 e. The zero-order valence-electron chi connectivity index (χ0n) is 16.2. The van der Waals surface area contributed by atoms with E-state index in [0.29, 0.717) is 36.7 Å². The molecule has 0 N–H and O–H groups in total. The van der Waals surface area contributed by atoms with Gasteiger partial charge in [0.05, 0.1) is 26.4 Å². The predicted octanol–water partition coefficient (Wildman–Crippen LogP) is 4.65. The van der Waals surface area contributed by atoms with Gasteiger partial charge in [-0.25, -0.2) is 0 Å². The smallest absolute Gasteiger partial charge is 0.171 e. The fourth-order valence-electron chi connectivity index (χ4n) is 2.63. The van der Waals surface area contributed by atoms with Crippen LogP contribution in [0.15, 0.2) is 42.5 Å². The number of hydrogen-bond donors (Lipinski definition) is 0. The zero-order valence-corrected chi connectivity index (χ0v) is 16.2. The van der Waals surface area contributed by atoms with Gasteiger partial charge in [-0.1, -0.05) is 49.1 Å². The van der Waals surface area contributed by atoms with Gasteiger partial charge in [-0.15, -0.1) is 0 Å². The number of ketones is 1. The molecule has 0 aromatic heterocycles. The van der Waals surface area contributed by atoms with Crippen molar-refractivity contribution in [3.8, 4) is 23.3 Å². The van der Waals surface area contributed by atoms with Crippen molar-refractivity contribution in [2.75, 3.05) is 20.8 Å². The fourth-order valence-corrected chi connectivity index (χ4v) is 2.63. The monoisotopic (exact) mass is 366 g/mol. The minimum absolute atomic E-state index is 0.00288. The van der Waals surface area contributed by atoms with Crippen LogP contribution in [-0.4, -0.2) is 26.6 Å². The fraction of sp³-hybridized carbons (Fsp3) is 0.348. The summed E-state index contributed by atoms with van der Waals surface area (Å²) in [6, 6.07) is 13.7. The van der Waals surface area contributed by atoms with Gasteiger partial charge in [0.2, 0.25) is 0 Å². The van der Waals surface area contributed by atoms with Gasteiger partial charge >= 0.3 is 0 Å². The first-order valence-electron chi connectivity index (χ1n) is 9.09. The molecule has 0 aliphatic heterocycles. The summed E-state index contributed by atoms with van der Waals surface area (Å²) in [6.45, 7) is 3.10. The summed E-state index contributed by atoms with van der Waals surface area (Å²) >= 11 is 0. The summed E-state index contributed by atoms with van der Waals surface area (Å²) in [7, 11) is 3.09. The molecule has 0 heterocycles. The van der Waals surface area contributed by atoms with Crippen molar-refractivity contribution in [2.45, 2.75) is 32.8 Å². The Balaban J connectivity index is 1.92. The summed E-state index contributed by atoms with van der Waals surface area (Å²) in [4.78, 5) is 12.2. The van der Waals surface area contributed by atoms with Gasteiger partial charge < -0.3 is 14.2 Å². The molecule has 0 unspecified atom stereocenters. The summed E-state index contributed by atoms with van der Waals surface area (Å²) in [5.74, 6) is 7.23. The van der Waals surface area contributed by atoms with Crippen LogP contribution < -0.4 is 9.47 Å². The zero-order chi connectivity index (χ0) is 19.5. The number of benzene rings is 2. The minimum Gasteiger partial charge on any atom is -0.493 e. The molecule has 2 aromatic rings. The molecule has 0 bridgehead atoms. The van der Waals surface area contributed by atoms with E-state index in [-0.39, 0.29) is 5.78 Å². The average molecular weight is 366 g/mol. The van der Waals surface area contributed by atoms with E-state index in [1.54, 1.807) is 19.2 Å². The molecule has 0 radical (unpaired) electrons. The van der Waals surface area contributed by atoms with Crippen molar-refractivity contribution < 1.29 is 19.0 Å². The van der Waals surface area contributed by atoms with Crippen molar-refractivity contribution in [3.63, 3.8) is 0 Å². The third-order valence-electron chi connectivity index (χ3n) is 4.04. The second-order valence-electron chi connectivity index (χ2n) is 5.98. The Morgan fingerprint density at radius 1 is 1.07 bits per heavy atom. The maximum absolute atomic E-state index is 12.2. The molecule has 0 saturated carbocycles. The summed E-state index contributed by atoms with van der Waals surface area (Å²) in [6.07, 6.45) is 1.98. The number of Topliss-reactive ketones (excluding diaryl/α,β-unsaturated/α-hetero) is 1. The molecule has 4 heteroatoms. The van der Waals surface area contributed by atoms with Crippen LogP contribution in [0.1, 0.15) is 47.7 Å². The number of carbonyl (C=O) groups excluding carboxylic acids is 1. The molecule has 2 aromatic carbocycles. The standard InChI is InChI=1S/C23H26O4/c1-4-21(24)20-15-19(16-22(25-2)23(20)26-3)13-9-6-10-14-27-17-18-11-7-5-8-12-18/h5,7-8,11-12,15-16H,4,6,10,14,17H2,1-3H3. The summed E-state index contributed by atoms with van der Waals surface area (Å²) in [5, 5.41) is 0. The number of methoxy groups -OCH3 is 2. The lowest BCUT2D eigenvalue weighted by atomic mass is 10.0. The van der Waals surface area contributed by atoms with Crippen molar-refractivity contribution in [1.82, 2.24) is 0 Å². The van der Waals surface area contributed by atoms with Gasteiger partial charge in [-0.3, -0.25) is 4.79 Å². The SMILES string of the molecule is CCC(=O)c1cc(C#CCCCOCc2ccccc2)cc(OC)c1OC. The normalized spacial score (nSPS) is 10.0.